The minimum atomic E-state index is -0.453. The van der Waals surface area contributed by atoms with Gasteiger partial charge in [-0.1, -0.05) is 12.1 Å². The summed E-state index contributed by atoms with van der Waals surface area (Å²) in [5, 5.41) is 5.86. The third-order valence-corrected chi connectivity index (χ3v) is 3.17. The molecule has 1 amide bonds. The molecule has 1 saturated heterocycles. The first-order valence-corrected chi connectivity index (χ1v) is 6.44. The van der Waals surface area contributed by atoms with E-state index in [9.17, 15) is 4.79 Å². The SMILES string of the molecule is O=C(Nc1nc2ccccc2[nH]1)OC1CCNCC1. The Balaban J connectivity index is 1.62. The summed E-state index contributed by atoms with van der Waals surface area (Å²) >= 11 is 0. The molecule has 0 radical (unpaired) electrons. The fourth-order valence-corrected chi connectivity index (χ4v) is 2.20. The Morgan fingerprint density at radius 1 is 1.32 bits per heavy atom. The van der Waals surface area contributed by atoms with Crippen molar-refractivity contribution in [3.63, 3.8) is 0 Å². The van der Waals surface area contributed by atoms with Crippen LogP contribution in [0.1, 0.15) is 12.8 Å². The molecule has 3 N–H and O–H groups in total. The number of fused-ring (bicyclic) bond motifs is 1. The van der Waals surface area contributed by atoms with Gasteiger partial charge in [0.05, 0.1) is 11.0 Å². The molecule has 0 bridgehead atoms. The zero-order chi connectivity index (χ0) is 13.1. The average Bonchev–Trinajstić information content (AvgIpc) is 2.81. The lowest BCUT2D eigenvalue weighted by Crippen LogP contribution is -2.34. The number of H-pyrrole nitrogens is 1. The highest BCUT2D eigenvalue weighted by Crippen LogP contribution is 2.14. The number of piperidine rings is 1. The number of carbonyl (C=O) groups is 1. The summed E-state index contributed by atoms with van der Waals surface area (Å²) in [6, 6.07) is 7.61. The van der Waals surface area contributed by atoms with Gasteiger partial charge in [-0.15, -0.1) is 0 Å². The maximum atomic E-state index is 11.7. The van der Waals surface area contributed by atoms with Gasteiger partial charge in [-0.25, -0.2) is 9.78 Å². The van der Waals surface area contributed by atoms with Gasteiger partial charge in [0.15, 0.2) is 0 Å². The van der Waals surface area contributed by atoms with Crippen LogP contribution in [0.3, 0.4) is 0 Å². The van der Waals surface area contributed by atoms with Crippen molar-refractivity contribution in [2.45, 2.75) is 18.9 Å². The summed E-state index contributed by atoms with van der Waals surface area (Å²) in [7, 11) is 0. The van der Waals surface area contributed by atoms with Crippen molar-refractivity contribution in [2.24, 2.45) is 0 Å². The number of rotatable bonds is 2. The first kappa shape index (κ1) is 12.0. The lowest BCUT2D eigenvalue weighted by molar-refractivity contribution is 0.0908. The number of nitrogens with zero attached hydrogens (tertiary/aromatic N) is 1. The maximum Gasteiger partial charge on any atom is 0.414 e. The van der Waals surface area contributed by atoms with Crippen LogP contribution in [0.5, 0.6) is 0 Å². The number of imidazole rings is 1. The van der Waals surface area contributed by atoms with Crippen LogP contribution >= 0.6 is 0 Å². The molecule has 1 aromatic carbocycles. The van der Waals surface area contributed by atoms with Gasteiger partial charge < -0.3 is 15.0 Å². The zero-order valence-electron chi connectivity index (χ0n) is 10.5. The molecule has 1 aliphatic heterocycles. The Labute approximate surface area is 110 Å². The van der Waals surface area contributed by atoms with E-state index >= 15 is 0 Å². The molecule has 0 saturated carbocycles. The van der Waals surface area contributed by atoms with Crippen LogP contribution in [0.2, 0.25) is 0 Å². The number of aromatic nitrogens is 2. The van der Waals surface area contributed by atoms with Crippen LogP contribution in [-0.4, -0.2) is 35.3 Å². The second-order valence-corrected chi connectivity index (χ2v) is 4.58. The van der Waals surface area contributed by atoms with E-state index in [0.29, 0.717) is 5.95 Å². The molecule has 6 heteroatoms. The molecule has 1 aromatic heterocycles. The number of carbonyl (C=O) groups excluding carboxylic acids is 1. The van der Waals surface area contributed by atoms with E-state index in [0.717, 1.165) is 37.0 Å². The van der Waals surface area contributed by atoms with Crippen molar-refractivity contribution in [3.05, 3.63) is 24.3 Å². The van der Waals surface area contributed by atoms with Gasteiger partial charge in [-0.05, 0) is 38.1 Å². The van der Waals surface area contributed by atoms with Gasteiger partial charge in [0, 0.05) is 0 Å². The fourth-order valence-electron chi connectivity index (χ4n) is 2.20. The van der Waals surface area contributed by atoms with E-state index in [-0.39, 0.29) is 6.10 Å². The molecule has 3 rings (SSSR count). The molecule has 100 valence electrons. The summed E-state index contributed by atoms with van der Waals surface area (Å²) in [6.07, 6.45) is 1.25. The highest BCUT2D eigenvalue weighted by atomic mass is 16.6. The van der Waals surface area contributed by atoms with Crippen LogP contribution in [0, 0.1) is 0 Å². The molecular weight excluding hydrogens is 244 g/mol. The highest BCUT2D eigenvalue weighted by Gasteiger charge is 2.18. The topological polar surface area (TPSA) is 79.0 Å². The third-order valence-electron chi connectivity index (χ3n) is 3.17. The van der Waals surface area contributed by atoms with E-state index in [1.807, 2.05) is 24.3 Å². The summed E-state index contributed by atoms with van der Waals surface area (Å²) in [5.74, 6) is 0.417. The average molecular weight is 260 g/mol. The van der Waals surface area contributed by atoms with Gasteiger partial charge in [-0.2, -0.15) is 0 Å². The predicted octanol–water partition coefficient (Wildman–Crippen LogP) is 1.86. The van der Waals surface area contributed by atoms with Crippen molar-refractivity contribution >= 4 is 23.1 Å². The van der Waals surface area contributed by atoms with Crippen molar-refractivity contribution in [3.8, 4) is 0 Å². The monoisotopic (exact) mass is 260 g/mol. The van der Waals surface area contributed by atoms with Crippen LogP contribution in [-0.2, 0) is 4.74 Å². The summed E-state index contributed by atoms with van der Waals surface area (Å²) in [4.78, 5) is 19.0. The van der Waals surface area contributed by atoms with Crippen molar-refractivity contribution < 1.29 is 9.53 Å². The largest absolute Gasteiger partial charge is 0.446 e. The molecule has 6 nitrogen and oxygen atoms in total. The van der Waals surface area contributed by atoms with Crippen LogP contribution in [0.4, 0.5) is 10.7 Å². The van der Waals surface area contributed by atoms with Gasteiger partial charge in [0.2, 0.25) is 5.95 Å². The van der Waals surface area contributed by atoms with E-state index < -0.39 is 6.09 Å². The normalized spacial score (nSPS) is 16.4. The molecule has 0 atom stereocenters. The minimum Gasteiger partial charge on any atom is -0.446 e. The third kappa shape index (κ3) is 2.85. The van der Waals surface area contributed by atoms with Gasteiger partial charge in [-0.3, -0.25) is 5.32 Å². The maximum absolute atomic E-state index is 11.7. The number of anilines is 1. The molecule has 0 spiro atoms. The molecule has 2 aromatic rings. The first-order valence-electron chi connectivity index (χ1n) is 6.44. The van der Waals surface area contributed by atoms with Gasteiger partial charge in [0.1, 0.15) is 6.10 Å². The quantitative estimate of drug-likeness (QED) is 0.770. The molecule has 0 aliphatic carbocycles. The molecule has 0 unspecified atom stereocenters. The van der Waals surface area contributed by atoms with Crippen molar-refractivity contribution in [1.29, 1.82) is 0 Å². The Bertz CT molecular complexity index is 542. The van der Waals surface area contributed by atoms with Crippen LogP contribution in [0.25, 0.3) is 11.0 Å². The van der Waals surface area contributed by atoms with E-state index in [1.165, 1.54) is 0 Å². The molecule has 1 fully saturated rings. The zero-order valence-corrected chi connectivity index (χ0v) is 10.5. The molecular formula is C13H16N4O2. The number of hydrogen-bond acceptors (Lipinski definition) is 4. The van der Waals surface area contributed by atoms with Crippen molar-refractivity contribution in [2.75, 3.05) is 18.4 Å². The number of amides is 1. The smallest absolute Gasteiger partial charge is 0.414 e. The van der Waals surface area contributed by atoms with E-state index in [4.69, 9.17) is 4.74 Å². The van der Waals surface area contributed by atoms with Crippen LogP contribution in [0.15, 0.2) is 24.3 Å². The Morgan fingerprint density at radius 3 is 2.89 bits per heavy atom. The Morgan fingerprint density at radius 2 is 2.11 bits per heavy atom. The second kappa shape index (κ2) is 5.27. The summed E-state index contributed by atoms with van der Waals surface area (Å²) in [5.41, 5.74) is 1.71. The fraction of sp³-hybridized carbons (Fsp3) is 0.385. The summed E-state index contributed by atoms with van der Waals surface area (Å²) in [6.45, 7) is 1.78. The first-order chi connectivity index (χ1) is 9.31. The number of benzene rings is 1. The van der Waals surface area contributed by atoms with E-state index in [2.05, 4.69) is 20.6 Å². The number of nitrogens with one attached hydrogen (secondary N) is 3. The van der Waals surface area contributed by atoms with Crippen molar-refractivity contribution in [1.82, 2.24) is 15.3 Å². The molecule has 1 aliphatic rings. The molecule has 19 heavy (non-hydrogen) atoms. The van der Waals surface area contributed by atoms with Gasteiger partial charge in [0.25, 0.3) is 0 Å². The van der Waals surface area contributed by atoms with Crippen LogP contribution < -0.4 is 10.6 Å². The predicted molar refractivity (Wildman–Crippen MR) is 72.1 cm³/mol. The number of hydrogen-bond donors (Lipinski definition) is 3. The number of aromatic amines is 1. The minimum absolute atomic E-state index is 0.00868. The highest BCUT2D eigenvalue weighted by molar-refractivity contribution is 5.86. The molecule has 2 heterocycles. The van der Waals surface area contributed by atoms with E-state index in [1.54, 1.807) is 0 Å². The Hall–Kier alpha value is -2.08. The number of ether oxygens (including phenoxy) is 1. The standard InChI is InChI=1S/C13H16N4O2/c18-13(19-9-5-7-14-8-6-9)17-12-15-10-3-1-2-4-11(10)16-12/h1-4,9,14H,5-8H2,(H2,15,16,17,18). The van der Waals surface area contributed by atoms with Gasteiger partial charge >= 0.3 is 6.09 Å². The lowest BCUT2D eigenvalue weighted by Gasteiger charge is -2.22. The number of para-hydroxylation sites is 2. The summed E-state index contributed by atoms with van der Waals surface area (Å²) < 4.78 is 5.34. The second-order valence-electron chi connectivity index (χ2n) is 4.58. The lowest BCUT2D eigenvalue weighted by atomic mass is 10.1. The Kier molecular flexibility index (Phi) is 3.33.